The van der Waals surface area contributed by atoms with Crippen LogP contribution in [-0.4, -0.2) is 275 Å². The quantitative estimate of drug-likeness (QED) is 0.0725. The minimum Gasteiger partial charge on any atom is -0.394 e. The van der Waals surface area contributed by atoms with Gasteiger partial charge >= 0.3 is 0 Å². The Morgan fingerprint density at radius 2 is 0.823 bits per heavy atom. The standard InChI is InChI=1S/C34H58N2O26/c1-8(41)35-15-20(46)27(12(5-39)55-30(15)53)60-31-16(36-9(2)42)21(47)28(13(6-40)58-31)61-34-26(52)29(62-33-25(51)23(49)18(44)11(4-38)57-33)19(45)14(59-34)7-54-32-24(50)22(48)17(43)10(3-37)56-32/h10-34,37-40,43-53H,3-7H2,1-2H3,(H,35,41)(H,36,42)/t10-,11-,12-,13-,14-,15-,16-,17-,18-,19-,20-,21-,22+,23+,24+,25+,26+,27-,28-,29+,30-,31+,32-,33+,34+/m1/s1. The zero-order valence-corrected chi connectivity index (χ0v) is 33.2. The highest BCUT2D eigenvalue weighted by molar-refractivity contribution is 5.73. The Balaban J connectivity index is 1.41. The molecular weight excluding hydrogens is 852 g/mol. The molecular formula is C34H58N2O26. The van der Waals surface area contributed by atoms with Crippen LogP contribution in [0.2, 0.25) is 0 Å². The lowest BCUT2D eigenvalue weighted by Crippen LogP contribution is -2.70. The van der Waals surface area contributed by atoms with E-state index in [1.165, 1.54) is 0 Å². The minimum atomic E-state index is -2.18. The first-order valence-electron chi connectivity index (χ1n) is 19.6. The van der Waals surface area contributed by atoms with E-state index in [1.807, 2.05) is 0 Å². The summed E-state index contributed by atoms with van der Waals surface area (Å²) in [4.78, 5) is 24.2. The van der Waals surface area contributed by atoms with E-state index >= 15 is 0 Å². The van der Waals surface area contributed by atoms with Gasteiger partial charge in [-0.15, -0.1) is 0 Å². The summed E-state index contributed by atoms with van der Waals surface area (Å²) in [5.41, 5.74) is 0. The van der Waals surface area contributed by atoms with Gasteiger partial charge in [0.05, 0.1) is 33.0 Å². The summed E-state index contributed by atoms with van der Waals surface area (Å²) in [6, 6.07) is -3.19. The van der Waals surface area contributed by atoms with Crippen LogP contribution in [0.3, 0.4) is 0 Å². The molecule has 0 spiro atoms. The minimum absolute atomic E-state index is 0.693. The van der Waals surface area contributed by atoms with Crippen molar-refractivity contribution >= 4 is 11.8 Å². The van der Waals surface area contributed by atoms with Crippen molar-refractivity contribution < 1.29 is 129 Å². The molecule has 5 aliphatic rings. The molecule has 0 aromatic heterocycles. The molecule has 0 saturated carbocycles. The number of aliphatic hydroxyl groups excluding tert-OH is 15. The van der Waals surface area contributed by atoms with Gasteiger partial charge in [0, 0.05) is 13.8 Å². The van der Waals surface area contributed by atoms with Crippen molar-refractivity contribution in [1.29, 1.82) is 0 Å². The van der Waals surface area contributed by atoms with Crippen LogP contribution < -0.4 is 10.6 Å². The van der Waals surface area contributed by atoms with Crippen LogP contribution in [0.5, 0.6) is 0 Å². The Morgan fingerprint density at radius 1 is 0.419 bits per heavy atom. The van der Waals surface area contributed by atoms with Crippen molar-refractivity contribution in [3.8, 4) is 0 Å². The van der Waals surface area contributed by atoms with Gasteiger partial charge in [-0.2, -0.15) is 0 Å². The molecule has 0 aromatic carbocycles. The number of carbonyl (C=O) groups excluding carboxylic acids is 2. The highest BCUT2D eigenvalue weighted by atomic mass is 16.8. The molecule has 62 heavy (non-hydrogen) atoms. The first kappa shape index (κ1) is 51.0. The molecule has 0 aromatic rings. The van der Waals surface area contributed by atoms with Crippen LogP contribution in [0.15, 0.2) is 0 Å². The monoisotopic (exact) mass is 910 g/mol. The lowest BCUT2D eigenvalue weighted by Gasteiger charge is -2.50. The van der Waals surface area contributed by atoms with Crippen LogP contribution in [0.1, 0.15) is 13.8 Å². The fraction of sp³-hybridized carbons (Fsp3) is 0.941. The molecule has 0 radical (unpaired) electrons. The van der Waals surface area contributed by atoms with Crippen molar-refractivity contribution in [3.63, 3.8) is 0 Å². The summed E-state index contributed by atoms with van der Waals surface area (Å²) in [7, 11) is 0. The van der Waals surface area contributed by atoms with Gasteiger partial charge in [0.2, 0.25) is 11.8 Å². The summed E-state index contributed by atoms with van der Waals surface area (Å²) in [5.74, 6) is -1.49. The third-order valence-corrected chi connectivity index (χ3v) is 11.1. The zero-order chi connectivity index (χ0) is 45.9. The molecule has 0 bridgehead atoms. The highest BCUT2D eigenvalue weighted by Crippen LogP contribution is 2.35. The number of ether oxygens (including phenoxy) is 9. The Hall–Kier alpha value is -2.02. The molecule has 25 atom stereocenters. The van der Waals surface area contributed by atoms with Crippen LogP contribution in [0, 0.1) is 0 Å². The van der Waals surface area contributed by atoms with Crippen LogP contribution in [0.4, 0.5) is 0 Å². The van der Waals surface area contributed by atoms with E-state index in [9.17, 15) is 86.2 Å². The van der Waals surface area contributed by atoms with Crippen molar-refractivity contribution in [2.75, 3.05) is 33.0 Å². The van der Waals surface area contributed by atoms with Crippen LogP contribution >= 0.6 is 0 Å². The summed E-state index contributed by atoms with van der Waals surface area (Å²) in [5, 5.41) is 163. The van der Waals surface area contributed by atoms with Crippen molar-refractivity contribution in [2.24, 2.45) is 0 Å². The normalized spacial score (nSPS) is 49.0. The van der Waals surface area contributed by atoms with E-state index < -0.39 is 198 Å². The SMILES string of the molecule is CC(=O)N[C@@H]1[C@@H](O)[C@H](O[C@@H]2O[C@H](CO)[C@@H](O[C@@H]3O[C@H](CO[C@@H]4O[C@H](CO)[C@@H](O)[C@H](O)[C@@H]4O)[C@@H](O)[C@H](O[C@@H]4O[C@H](CO)[C@@H](O)[C@H](O)[C@@H]4O)[C@@H]3O)[C@H](O)[C@H]2NC(C)=O)[C@@H](CO)O[C@H]1O. The maximum atomic E-state index is 12.4. The van der Waals surface area contributed by atoms with Gasteiger partial charge in [0.25, 0.3) is 0 Å². The third kappa shape index (κ3) is 11.0. The summed E-state index contributed by atoms with van der Waals surface area (Å²) >= 11 is 0. The van der Waals surface area contributed by atoms with E-state index in [0.717, 1.165) is 13.8 Å². The molecule has 5 aliphatic heterocycles. The van der Waals surface area contributed by atoms with Gasteiger partial charge in [-0.05, 0) is 0 Å². The summed E-state index contributed by atoms with van der Waals surface area (Å²) in [6.07, 6.45) is -42.3. The van der Waals surface area contributed by atoms with E-state index in [2.05, 4.69) is 10.6 Å². The second kappa shape index (κ2) is 22.0. The largest absolute Gasteiger partial charge is 0.394 e. The average Bonchev–Trinajstić information content (AvgIpc) is 3.23. The molecule has 28 nitrogen and oxygen atoms in total. The number of amides is 2. The van der Waals surface area contributed by atoms with Gasteiger partial charge in [-0.3, -0.25) is 9.59 Å². The Kier molecular flexibility index (Phi) is 18.1. The lowest BCUT2D eigenvalue weighted by atomic mass is 9.94. The number of rotatable bonds is 15. The predicted octanol–water partition coefficient (Wildman–Crippen LogP) is -11.6. The molecule has 28 heteroatoms. The summed E-state index contributed by atoms with van der Waals surface area (Å²) in [6.45, 7) is -2.31. The van der Waals surface area contributed by atoms with Crippen LogP contribution in [-0.2, 0) is 52.2 Å². The van der Waals surface area contributed by atoms with E-state index in [-0.39, 0.29) is 0 Å². The van der Waals surface area contributed by atoms with E-state index in [4.69, 9.17) is 42.6 Å². The second-order valence-corrected chi connectivity index (χ2v) is 15.5. The molecule has 2 amide bonds. The maximum Gasteiger partial charge on any atom is 0.217 e. The molecule has 17 N–H and O–H groups in total. The van der Waals surface area contributed by atoms with E-state index in [1.54, 1.807) is 0 Å². The van der Waals surface area contributed by atoms with Crippen molar-refractivity contribution in [1.82, 2.24) is 10.6 Å². The molecule has 360 valence electrons. The zero-order valence-electron chi connectivity index (χ0n) is 33.2. The van der Waals surface area contributed by atoms with Crippen LogP contribution in [0.25, 0.3) is 0 Å². The fourth-order valence-electron chi connectivity index (χ4n) is 7.73. The first-order valence-corrected chi connectivity index (χ1v) is 19.6. The van der Waals surface area contributed by atoms with E-state index in [0.29, 0.717) is 0 Å². The van der Waals surface area contributed by atoms with Gasteiger partial charge in [-0.1, -0.05) is 0 Å². The molecule has 5 heterocycles. The number of aliphatic hydroxyl groups is 15. The van der Waals surface area contributed by atoms with Gasteiger partial charge < -0.3 is 130 Å². The third-order valence-electron chi connectivity index (χ3n) is 11.1. The molecule has 5 fully saturated rings. The van der Waals surface area contributed by atoms with Gasteiger partial charge in [0.15, 0.2) is 31.5 Å². The topological polar surface area (TPSA) is 445 Å². The lowest BCUT2D eigenvalue weighted by molar-refractivity contribution is -0.384. The fourth-order valence-corrected chi connectivity index (χ4v) is 7.73. The number of nitrogens with one attached hydrogen (secondary N) is 2. The van der Waals surface area contributed by atoms with Crippen molar-refractivity contribution in [3.05, 3.63) is 0 Å². The first-order chi connectivity index (χ1) is 29.3. The molecule has 0 aliphatic carbocycles. The van der Waals surface area contributed by atoms with Gasteiger partial charge in [0.1, 0.15) is 122 Å². The number of hydrogen-bond acceptors (Lipinski definition) is 26. The maximum absolute atomic E-state index is 12.4. The predicted molar refractivity (Wildman–Crippen MR) is 190 cm³/mol. The number of hydrogen-bond donors (Lipinski definition) is 17. The average molecular weight is 911 g/mol. The number of carbonyl (C=O) groups is 2. The molecule has 5 saturated heterocycles. The highest BCUT2D eigenvalue weighted by Gasteiger charge is 2.56. The Bertz CT molecular complexity index is 1440. The Labute approximate surface area is 351 Å². The summed E-state index contributed by atoms with van der Waals surface area (Å²) < 4.78 is 50.8. The molecule has 5 rings (SSSR count). The van der Waals surface area contributed by atoms with Crippen molar-refractivity contribution in [2.45, 2.75) is 167 Å². The second-order valence-electron chi connectivity index (χ2n) is 15.5. The van der Waals surface area contributed by atoms with Gasteiger partial charge in [-0.25, -0.2) is 0 Å². The molecule has 0 unspecified atom stereocenters. The Morgan fingerprint density at radius 3 is 1.35 bits per heavy atom. The smallest absolute Gasteiger partial charge is 0.217 e.